The first-order chi connectivity index (χ1) is 6.38. The summed E-state index contributed by atoms with van der Waals surface area (Å²) >= 11 is 0. The van der Waals surface area contributed by atoms with Crippen LogP contribution in [0.4, 0.5) is 5.69 Å². The van der Waals surface area contributed by atoms with Gasteiger partial charge in [0, 0.05) is 30.8 Å². The molecule has 1 heterocycles. The van der Waals surface area contributed by atoms with Gasteiger partial charge in [0.2, 0.25) is 0 Å². The first-order valence-corrected chi connectivity index (χ1v) is 6.08. The zero-order valence-electron chi connectivity index (χ0n) is 7.80. The van der Waals surface area contributed by atoms with Gasteiger partial charge in [0.1, 0.15) is 9.84 Å². The Kier molecular flexibility index (Phi) is 2.95. The molecule has 0 aliphatic rings. The van der Waals surface area contributed by atoms with Crippen molar-refractivity contribution >= 4 is 15.5 Å². The third-order valence-electron chi connectivity index (χ3n) is 1.71. The van der Waals surface area contributed by atoms with Crippen molar-refractivity contribution in [1.82, 2.24) is 4.57 Å². The van der Waals surface area contributed by atoms with Gasteiger partial charge in [-0.25, -0.2) is 8.42 Å². The van der Waals surface area contributed by atoms with Crippen molar-refractivity contribution in [3.05, 3.63) is 28.7 Å². The lowest BCUT2D eigenvalue weighted by Crippen LogP contribution is -2.22. The van der Waals surface area contributed by atoms with E-state index in [1.54, 1.807) is 0 Å². The number of aromatic nitrogens is 1. The molecule has 0 saturated heterocycles. The summed E-state index contributed by atoms with van der Waals surface area (Å²) < 4.78 is 23.0. The average molecular weight is 216 g/mol. The predicted octanol–water partition coefficient (Wildman–Crippen LogP) is -0.525. The minimum Gasteiger partial charge on any atom is -0.398 e. The number of nitrogen functional groups attached to an aromatic ring is 1. The van der Waals surface area contributed by atoms with Crippen LogP contribution in [0.1, 0.15) is 0 Å². The fraction of sp³-hybridized carbons (Fsp3) is 0.375. The molecule has 0 aromatic carbocycles. The zero-order chi connectivity index (χ0) is 10.8. The van der Waals surface area contributed by atoms with Crippen LogP contribution in [0.3, 0.4) is 0 Å². The Morgan fingerprint density at radius 2 is 2.07 bits per heavy atom. The van der Waals surface area contributed by atoms with E-state index >= 15 is 0 Å². The Hall–Kier alpha value is -1.30. The number of anilines is 1. The summed E-state index contributed by atoms with van der Waals surface area (Å²) in [5.74, 6) is -0.0592. The first-order valence-electron chi connectivity index (χ1n) is 4.02. The predicted molar refractivity (Wildman–Crippen MR) is 54.8 cm³/mol. The summed E-state index contributed by atoms with van der Waals surface area (Å²) in [4.78, 5) is 11.2. The van der Waals surface area contributed by atoms with E-state index in [4.69, 9.17) is 5.73 Å². The third kappa shape index (κ3) is 3.21. The molecule has 0 aliphatic heterocycles. The molecule has 0 fully saturated rings. The second kappa shape index (κ2) is 3.83. The zero-order valence-corrected chi connectivity index (χ0v) is 8.62. The summed E-state index contributed by atoms with van der Waals surface area (Å²) in [5, 5.41) is 0. The molecule has 0 bridgehead atoms. The lowest BCUT2D eigenvalue weighted by Gasteiger charge is -2.04. The minimum atomic E-state index is -3.05. The molecule has 2 N–H and O–H groups in total. The molecule has 1 aromatic heterocycles. The number of pyridine rings is 1. The van der Waals surface area contributed by atoms with Crippen molar-refractivity contribution in [2.24, 2.45) is 0 Å². The van der Waals surface area contributed by atoms with E-state index in [0.29, 0.717) is 5.69 Å². The highest BCUT2D eigenvalue weighted by Crippen LogP contribution is 1.96. The van der Waals surface area contributed by atoms with Gasteiger partial charge in [0.05, 0.1) is 5.75 Å². The molecule has 6 heteroatoms. The molecule has 0 unspecified atom stereocenters. The third-order valence-corrected chi connectivity index (χ3v) is 2.63. The highest BCUT2D eigenvalue weighted by atomic mass is 32.2. The number of hydrogen-bond acceptors (Lipinski definition) is 4. The first kappa shape index (κ1) is 10.8. The van der Waals surface area contributed by atoms with Crippen LogP contribution in [0, 0.1) is 0 Å². The number of aryl methyl sites for hydroxylation is 1. The van der Waals surface area contributed by atoms with Gasteiger partial charge < -0.3 is 10.3 Å². The van der Waals surface area contributed by atoms with Crippen molar-refractivity contribution in [3.8, 4) is 0 Å². The highest BCUT2D eigenvalue weighted by molar-refractivity contribution is 7.90. The Bertz CT molecular complexity index is 476. The van der Waals surface area contributed by atoms with Gasteiger partial charge in [0.25, 0.3) is 5.56 Å². The maximum atomic E-state index is 11.2. The molecular formula is C8H12N2O3S. The monoisotopic (exact) mass is 216 g/mol. The Morgan fingerprint density at radius 3 is 2.64 bits per heavy atom. The van der Waals surface area contributed by atoms with Crippen LogP contribution in [-0.2, 0) is 16.4 Å². The van der Waals surface area contributed by atoms with E-state index < -0.39 is 9.84 Å². The molecule has 78 valence electrons. The number of rotatable bonds is 3. The van der Waals surface area contributed by atoms with E-state index in [-0.39, 0.29) is 17.9 Å². The van der Waals surface area contributed by atoms with Crippen molar-refractivity contribution in [2.45, 2.75) is 6.54 Å². The van der Waals surface area contributed by atoms with E-state index in [2.05, 4.69) is 0 Å². The maximum absolute atomic E-state index is 11.2. The number of nitrogens with zero attached hydrogens (tertiary/aromatic N) is 1. The van der Waals surface area contributed by atoms with Crippen LogP contribution in [0.2, 0.25) is 0 Å². The number of sulfone groups is 1. The number of nitrogens with two attached hydrogens (primary N) is 1. The van der Waals surface area contributed by atoms with Crippen LogP contribution >= 0.6 is 0 Å². The molecule has 1 aromatic rings. The number of hydrogen-bond donors (Lipinski definition) is 1. The molecule has 0 amide bonds. The topological polar surface area (TPSA) is 82.2 Å². The standard InChI is InChI=1S/C8H12N2O3S/c1-14(12,13)5-4-10-6-7(9)2-3-8(10)11/h2-3,6H,4-5,9H2,1H3. The Labute approximate surface area is 82.1 Å². The smallest absolute Gasteiger partial charge is 0.250 e. The molecular weight excluding hydrogens is 204 g/mol. The van der Waals surface area contributed by atoms with Crippen molar-refractivity contribution in [2.75, 3.05) is 17.7 Å². The van der Waals surface area contributed by atoms with E-state index in [1.165, 1.54) is 22.9 Å². The molecule has 0 atom stereocenters. The van der Waals surface area contributed by atoms with Crippen molar-refractivity contribution in [3.63, 3.8) is 0 Å². The van der Waals surface area contributed by atoms with Crippen molar-refractivity contribution in [1.29, 1.82) is 0 Å². The van der Waals surface area contributed by atoms with Crippen LogP contribution in [0.25, 0.3) is 0 Å². The summed E-state index contributed by atoms with van der Waals surface area (Å²) in [6, 6.07) is 2.80. The minimum absolute atomic E-state index is 0.0592. The molecule has 0 saturated carbocycles. The lowest BCUT2D eigenvalue weighted by molar-refractivity contribution is 0.593. The molecule has 0 spiro atoms. The van der Waals surface area contributed by atoms with Crippen LogP contribution < -0.4 is 11.3 Å². The van der Waals surface area contributed by atoms with Crippen LogP contribution in [-0.4, -0.2) is 25.0 Å². The SMILES string of the molecule is CS(=O)(=O)CCn1cc(N)ccc1=O. The normalized spacial score (nSPS) is 11.5. The van der Waals surface area contributed by atoms with E-state index in [1.807, 2.05) is 0 Å². The largest absolute Gasteiger partial charge is 0.398 e. The van der Waals surface area contributed by atoms with Gasteiger partial charge in [-0.3, -0.25) is 4.79 Å². The Balaban J connectivity index is 2.87. The van der Waals surface area contributed by atoms with Gasteiger partial charge in [-0.1, -0.05) is 0 Å². The van der Waals surface area contributed by atoms with Gasteiger partial charge in [0.15, 0.2) is 0 Å². The van der Waals surface area contributed by atoms with Crippen LogP contribution in [0.15, 0.2) is 23.1 Å². The molecule has 0 aliphatic carbocycles. The molecule has 5 nitrogen and oxygen atoms in total. The second-order valence-corrected chi connectivity index (χ2v) is 5.38. The quantitative estimate of drug-likeness (QED) is 0.736. The summed E-state index contributed by atoms with van der Waals surface area (Å²) in [7, 11) is -3.05. The van der Waals surface area contributed by atoms with Crippen molar-refractivity contribution < 1.29 is 8.42 Å². The second-order valence-electron chi connectivity index (χ2n) is 3.12. The van der Waals surface area contributed by atoms with E-state index in [9.17, 15) is 13.2 Å². The fourth-order valence-electron chi connectivity index (χ4n) is 0.989. The van der Waals surface area contributed by atoms with Gasteiger partial charge in [-0.15, -0.1) is 0 Å². The highest BCUT2D eigenvalue weighted by Gasteiger charge is 2.03. The van der Waals surface area contributed by atoms with Gasteiger partial charge in [-0.05, 0) is 6.07 Å². The molecule has 0 radical (unpaired) electrons. The lowest BCUT2D eigenvalue weighted by atomic mass is 10.4. The fourth-order valence-corrected chi connectivity index (χ4v) is 1.52. The summed E-state index contributed by atoms with van der Waals surface area (Å²) in [6.07, 6.45) is 2.57. The summed E-state index contributed by atoms with van der Waals surface area (Å²) in [5.41, 5.74) is 5.65. The van der Waals surface area contributed by atoms with E-state index in [0.717, 1.165) is 6.26 Å². The molecule has 14 heavy (non-hydrogen) atoms. The average Bonchev–Trinajstić information content (AvgIpc) is 2.05. The summed E-state index contributed by atoms with van der Waals surface area (Å²) in [6.45, 7) is 0.142. The van der Waals surface area contributed by atoms with Gasteiger partial charge >= 0.3 is 0 Å². The maximum Gasteiger partial charge on any atom is 0.250 e. The Morgan fingerprint density at radius 1 is 1.43 bits per heavy atom. The van der Waals surface area contributed by atoms with Crippen LogP contribution in [0.5, 0.6) is 0 Å². The molecule has 1 rings (SSSR count). The van der Waals surface area contributed by atoms with Gasteiger partial charge in [-0.2, -0.15) is 0 Å².